The van der Waals surface area contributed by atoms with Crippen LogP contribution in [0.3, 0.4) is 0 Å². The Morgan fingerprint density at radius 1 is 1.13 bits per heavy atom. The van der Waals surface area contributed by atoms with E-state index in [1.165, 1.54) is 19.2 Å². The number of carboxylic acid groups (broad SMARTS) is 1. The number of hydrogen-bond donors (Lipinski definition) is 1. The van der Waals surface area contributed by atoms with Crippen molar-refractivity contribution in [1.29, 1.82) is 5.26 Å². The van der Waals surface area contributed by atoms with E-state index in [0.717, 1.165) is 15.6 Å². The van der Waals surface area contributed by atoms with Crippen LogP contribution in [0.5, 0.6) is 11.5 Å². The standard InChI is InChI=1S/C24H17BrClNO4/c1-30-22-12-16(10-19(13-27)17-6-8-20(25)9-7-17)11-21(26)23(22)31-14-15-2-4-18(5-3-15)24(28)29/h2-12H,14H2,1H3,(H,28,29)/b19-10+. The summed E-state index contributed by atoms with van der Waals surface area (Å²) >= 11 is 9.82. The van der Waals surface area contributed by atoms with E-state index in [0.29, 0.717) is 27.7 Å². The highest BCUT2D eigenvalue weighted by molar-refractivity contribution is 9.10. The van der Waals surface area contributed by atoms with Gasteiger partial charge in [-0.3, -0.25) is 0 Å². The second-order valence-corrected chi connectivity index (χ2v) is 7.82. The summed E-state index contributed by atoms with van der Waals surface area (Å²) in [5.41, 5.74) is 2.95. The number of aromatic carboxylic acids is 1. The Hall–Kier alpha value is -3.27. The summed E-state index contributed by atoms with van der Waals surface area (Å²) < 4.78 is 12.2. The van der Waals surface area contributed by atoms with E-state index in [9.17, 15) is 10.1 Å². The molecule has 3 aromatic carbocycles. The molecular formula is C24H17BrClNO4. The van der Waals surface area contributed by atoms with Crippen molar-refractivity contribution >= 4 is 45.1 Å². The first-order valence-corrected chi connectivity index (χ1v) is 10.3. The molecule has 0 bridgehead atoms. The van der Waals surface area contributed by atoms with E-state index in [1.807, 2.05) is 24.3 Å². The van der Waals surface area contributed by atoms with Crippen LogP contribution in [0.15, 0.2) is 65.1 Å². The second kappa shape index (κ2) is 10.2. The molecule has 31 heavy (non-hydrogen) atoms. The molecule has 0 saturated carbocycles. The Morgan fingerprint density at radius 2 is 1.77 bits per heavy atom. The van der Waals surface area contributed by atoms with Crippen LogP contribution >= 0.6 is 27.5 Å². The Kier molecular flexibility index (Phi) is 7.35. The molecular weight excluding hydrogens is 482 g/mol. The van der Waals surface area contributed by atoms with Gasteiger partial charge in [-0.15, -0.1) is 0 Å². The molecule has 0 radical (unpaired) electrons. The third kappa shape index (κ3) is 5.66. The van der Waals surface area contributed by atoms with Crippen molar-refractivity contribution in [3.05, 3.63) is 92.4 Å². The van der Waals surface area contributed by atoms with Crippen molar-refractivity contribution < 1.29 is 19.4 Å². The molecule has 0 fully saturated rings. The molecule has 0 unspecified atom stereocenters. The van der Waals surface area contributed by atoms with Gasteiger partial charge in [-0.25, -0.2) is 4.79 Å². The normalized spacial score (nSPS) is 11.0. The average Bonchev–Trinajstić information content (AvgIpc) is 2.77. The third-order valence-corrected chi connectivity index (χ3v) is 5.23. The van der Waals surface area contributed by atoms with Gasteiger partial charge >= 0.3 is 5.97 Å². The molecule has 0 heterocycles. The number of rotatable bonds is 7. The van der Waals surface area contributed by atoms with Gasteiger partial charge in [-0.1, -0.05) is 51.8 Å². The number of nitriles is 1. The number of ether oxygens (including phenoxy) is 2. The minimum Gasteiger partial charge on any atom is -0.493 e. The van der Waals surface area contributed by atoms with Crippen LogP contribution in [-0.2, 0) is 6.61 Å². The van der Waals surface area contributed by atoms with Gasteiger partial charge in [-0.2, -0.15) is 5.26 Å². The van der Waals surface area contributed by atoms with Crippen molar-refractivity contribution in [2.75, 3.05) is 7.11 Å². The summed E-state index contributed by atoms with van der Waals surface area (Å²) in [5.74, 6) is -0.194. The number of methoxy groups -OCH3 is 1. The number of hydrogen-bond acceptors (Lipinski definition) is 4. The Balaban J connectivity index is 1.84. The fourth-order valence-electron chi connectivity index (χ4n) is 2.84. The Morgan fingerprint density at radius 3 is 2.35 bits per heavy atom. The molecule has 156 valence electrons. The Labute approximate surface area is 193 Å². The number of halogens is 2. The summed E-state index contributed by atoms with van der Waals surface area (Å²) in [6.45, 7) is 0.188. The van der Waals surface area contributed by atoms with Crippen molar-refractivity contribution in [3.63, 3.8) is 0 Å². The van der Waals surface area contributed by atoms with Crippen LogP contribution in [0.25, 0.3) is 11.6 Å². The maximum atomic E-state index is 11.0. The zero-order valence-electron chi connectivity index (χ0n) is 16.4. The highest BCUT2D eigenvalue weighted by Crippen LogP contribution is 2.38. The van der Waals surface area contributed by atoms with Crippen LogP contribution in [0.2, 0.25) is 5.02 Å². The van der Waals surface area contributed by atoms with Crippen molar-refractivity contribution in [3.8, 4) is 17.6 Å². The lowest BCUT2D eigenvalue weighted by molar-refractivity contribution is 0.0697. The molecule has 0 aliphatic rings. The number of allylic oxidation sites excluding steroid dienone is 1. The van der Waals surface area contributed by atoms with Gasteiger partial charge in [0.05, 0.1) is 29.3 Å². The van der Waals surface area contributed by atoms with Crippen molar-refractivity contribution in [1.82, 2.24) is 0 Å². The van der Waals surface area contributed by atoms with Crippen molar-refractivity contribution in [2.45, 2.75) is 6.61 Å². The molecule has 7 heteroatoms. The zero-order chi connectivity index (χ0) is 22.4. The zero-order valence-corrected chi connectivity index (χ0v) is 18.8. The largest absolute Gasteiger partial charge is 0.493 e. The molecule has 0 aromatic heterocycles. The molecule has 1 N–H and O–H groups in total. The van der Waals surface area contributed by atoms with Gasteiger partial charge in [0.1, 0.15) is 6.61 Å². The van der Waals surface area contributed by atoms with E-state index < -0.39 is 5.97 Å². The number of carbonyl (C=O) groups is 1. The van der Waals surface area contributed by atoms with Crippen LogP contribution in [0.1, 0.15) is 27.0 Å². The predicted octanol–water partition coefficient (Wildman–Crippen LogP) is 6.45. The maximum Gasteiger partial charge on any atom is 0.335 e. The summed E-state index contributed by atoms with van der Waals surface area (Å²) in [5, 5.41) is 18.9. The van der Waals surface area contributed by atoms with Crippen LogP contribution in [0.4, 0.5) is 0 Å². The minimum atomic E-state index is -0.985. The first-order chi connectivity index (χ1) is 14.9. The van der Waals surface area contributed by atoms with E-state index in [1.54, 1.807) is 30.3 Å². The van der Waals surface area contributed by atoms with E-state index in [4.69, 9.17) is 26.2 Å². The average molecular weight is 499 g/mol. The monoisotopic (exact) mass is 497 g/mol. The lowest BCUT2D eigenvalue weighted by Gasteiger charge is -2.14. The number of benzene rings is 3. The van der Waals surface area contributed by atoms with Gasteiger partial charge in [0.15, 0.2) is 11.5 Å². The van der Waals surface area contributed by atoms with Crippen LogP contribution in [-0.4, -0.2) is 18.2 Å². The molecule has 5 nitrogen and oxygen atoms in total. The van der Waals surface area contributed by atoms with E-state index in [2.05, 4.69) is 22.0 Å². The fourth-order valence-corrected chi connectivity index (χ4v) is 3.38. The van der Waals surface area contributed by atoms with Gasteiger partial charge < -0.3 is 14.6 Å². The first-order valence-electron chi connectivity index (χ1n) is 9.11. The molecule has 0 amide bonds. The van der Waals surface area contributed by atoms with Crippen molar-refractivity contribution in [2.24, 2.45) is 0 Å². The lowest BCUT2D eigenvalue weighted by atomic mass is 10.0. The highest BCUT2D eigenvalue weighted by Gasteiger charge is 2.13. The van der Waals surface area contributed by atoms with Crippen LogP contribution < -0.4 is 9.47 Å². The molecule has 3 aromatic rings. The molecule has 0 atom stereocenters. The summed E-state index contributed by atoms with van der Waals surface area (Å²) in [6, 6.07) is 19.5. The quantitative estimate of drug-likeness (QED) is 0.299. The smallest absolute Gasteiger partial charge is 0.335 e. The molecule has 0 aliphatic carbocycles. The fraction of sp³-hybridized carbons (Fsp3) is 0.0833. The van der Waals surface area contributed by atoms with E-state index >= 15 is 0 Å². The summed E-state index contributed by atoms with van der Waals surface area (Å²) in [4.78, 5) is 11.0. The molecule has 3 rings (SSSR count). The van der Waals surface area contributed by atoms with E-state index in [-0.39, 0.29) is 12.2 Å². The molecule has 0 saturated heterocycles. The van der Waals surface area contributed by atoms with Gasteiger partial charge in [0, 0.05) is 4.47 Å². The van der Waals surface area contributed by atoms with Gasteiger partial charge in [-0.05, 0) is 59.2 Å². The SMILES string of the molecule is COc1cc(/C=C(\C#N)c2ccc(Br)cc2)cc(Cl)c1OCc1ccc(C(=O)O)cc1. The Bertz CT molecular complexity index is 1170. The molecule has 0 spiro atoms. The topological polar surface area (TPSA) is 79.5 Å². The number of carboxylic acids is 1. The number of nitrogens with zero attached hydrogens (tertiary/aromatic N) is 1. The van der Waals surface area contributed by atoms with Crippen LogP contribution in [0, 0.1) is 11.3 Å². The lowest BCUT2D eigenvalue weighted by Crippen LogP contribution is -2.00. The molecule has 0 aliphatic heterocycles. The maximum absolute atomic E-state index is 11.0. The minimum absolute atomic E-state index is 0.188. The second-order valence-electron chi connectivity index (χ2n) is 6.50. The summed E-state index contributed by atoms with van der Waals surface area (Å²) in [7, 11) is 1.51. The first kappa shape index (κ1) is 22.4. The highest BCUT2D eigenvalue weighted by atomic mass is 79.9. The van der Waals surface area contributed by atoms with Gasteiger partial charge in [0.2, 0.25) is 0 Å². The third-order valence-electron chi connectivity index (χ3n) is 4.42. The van der Waals surface area contributed by atoms with Gasteiger partial charge in [0.25, 0.3) is 0 Å². The summed E-state index contributed by atoms with van der Waals surface area (Å²) in [6.07, 6.45) is 1.73. The predicted molar refractivity (Wildman–Crippen MR) is 123 cm³/mol.